The normalized spacial score (nSPS) is 10.5. The Morgan fingerprint density at radius 2 is 2.05 bits per heavy atom. The fraction of sp³-hybridized carbons (Fsp3) is 0.467. The van der Waals surface area contributed by atoms with E-state index in [-0.39, 0.29) is 17.6 Å². The first-order valence-corrected chi connectivity index (χ1v) is 6.77. The fourth-order valence-corrected chi connectivity index (χ4v) is 1.91. The SMILES string of the molecule is COCCN(C(=O)Nc1ccc(C)cc1C(=O)O)C(C)C. The highest BCUT2D eigenvalue weighted by atomic mass is 16.5. The van der Waals surface area contributed by atoms with E-state index in [2.05, 4.69) is 5.32 Å². The molecule has 1 aromatic carbocycles. The first-order valence-electron chi connectivity index (χ1n) is 6.77. The molecule has 0 atom stereocenters. The van der Waals surface area contributed by atoms with Crippen LogP contribution in [0.15, 0.2) is 18.2 Å². The number of nitrogens with one attached hydrogen (secondary N) is 1. The van der Waals surface area contributed by atoms with Crippen LogP contribution in [0.25, 0.3) is 0 Å². The lowest BCUT2D eigenvalue weighted by Gasteiger charge is -2.27. The first kappa shape index (κ1) is 17.0. The van der Waals surface area contributed by atoms with Crippen LogP contribution in [0, 0.1) is 6.92 Å². The lowest BCUT2D eigenvalue weighted by atomic mass is 10.1. The average Bonchev–Trinajstić information content (AvgIpc) is 2.40. The maximum atomic E-state index is 12.3. The van der Waals surface area contributed by atoms with Crippen molar-refractivity contribution in [2.24, 2.45) is 0 Å². The van der Waals surface area contributed by atoms with Crippen LogP contribution in [0.1, 0.15) is 29.8 Å². The number of aromatic carboxylic acids is 1. The van der Waals surface area contributed by atoms with E-state index in [4.69, 9.17) is 4.74 Å². The lowest BCUT2D eigenvalue weighted by Crippen LogP contribution is -2.42. The van der Waals surface area contributed by atoms with E-state index in [0.29, 0.717) is 18.8 Å². The van der Waals surface area contributed by atoms with Crippen molar-refractivity contribution in [3.8, 4) is 0 Å². The molecule has 116 valence electrons. The number of rotatable bonds is 6. The molecule has 0 aliphatic heterocycles. The highest BCUT2D eigenvalue weighted by molar-refractivity contribution is 6.00. The predicted molar refractivity (Wildman–Crippen MR) is 80.9 cm³/mol. The molecule has 0 aliphatic carbocycles. The molecule has 2 N–H and O–H groups in total. The summed E-state index contributed by atoms with van der Waals surface area (Å²) in [4.78, 5) is 25.1. The molecule has 0 fully saturated rings. The molecule has 0 saturated heterocycles. The zero-order valence-corrected chi connectivity index (χ0v) is 12.8. The van der Waals surface area contributed by atoms with Gasteiger partial charge in [0.05, 0.1) is 17.9 Å². The number of carbonyl (C=O) groups is 2. The average molecular weight is 294 g/mol. The maximum absolute atomic E-state index is 12.3. The van der Waals surface area contributed by atoms with Gasteiger partial charge < -0.3 is 20.1 Å². The molecule has 1 rings (SSSR count). The van der Waals surface area contributed by atoms with Crippen molar-refractivity contribution in [2.45, 2.75) is 26.8 Å². The topological polar surface area (TPSA) is 78.9 Å². The number of carboxylic acids is 1. The number of aryl methyl sites for hydroxylation is 1. The summed E-state index contributed by atoms with van der Waals surface area (Å²) in [5, 5.41) is 11.9. The number of ether oxygens (including phenoxy) is 1. The number of carbonyl (C=O) groups excluding carboxylic acids is 1. The first-order chi connectivity index (χ1) is 9.86. The Morgan fingerprint density at radius 1 is 1.38 bits per heavy atom. The van der Waals surface area contributed by atoms with Crippen molar-refractivity contribution in [3.05, 3.63) is 29.3 Å². The van der Waals surface area contributed by atoms with Crippen LogP contribution in [-0.2, 0) is 4.74 Å². The summed E-state index contributed by atoms with van der Waals surface area (Å²) in [5.74, 6) is -1.07. The van der Waals surface area contributed by atoms with Crippen molar-refractivity contribution in [1.82, 2.24) is 4.90 Å². The van der Waals surface area contributed by atoms with E-state index >= 15 is 0 Å². The summed E-state index contributed by atoms with van der Waals surface area (Å²) < 4.78 is 4.98. The Kier molecular flexibility index (Phi) is 6.17. The molecule has 6 nitrogen and oxygen atoms in total. The molecule has 21 heavy (non-hydrogen) atoms. The second-order valence-corrected chi connectivity index (χ2v) is 5.06. The van der Waals surface area contributed by atoms with Gasteiger partial charge in [0.1, 0.15) is 0 Å². The van der Waals surface area contributed by atoms with E-state index in [9.17, 15) is 14.7 Å². The number of methoxy groups -OCH3 is 1. The van der Waals surface area contributed by atoms with Crippen LogP contribution < -0.4 is 5.32 Å². The molecule has 0 bridgehead atoms. The third-order valence-electron chi connectivity index (χ3n) is 3.07. The van der Waals surface area contributed by atoms with E-state index < -0.39 is 5.97 Å². The highest BCUT2D eigenvalue weighted by Crippen LogP contribution is 2.18. The van der Waals surface area contributed by atoms with Gasteiger partial charge in [0, 0.05) is 19.7 Å². The standard InChI is InChI=1S/C15H22N2O4/c1-10(2)17(7-8-21-4)15(20)16-13-6-5-11(3)9-12(13)14(18)19/h5-6,9-10H,7-8H2,1-4H3,(H,16,20)(H,18,19). The summed E-state index contributed by atoms with van der Waals surface area (Å²) in [5.41, 5.74) is 1.20. The second kappa shape index (κ2) is 7.64. The highest BCUT2D eigenvalue weighted by Gasteiger charge is 2.19. The molecule has 0 aromatic heterocycles. The molecule has 6 heteroatoms. The van der Waals surface area contributed by atoms with Crippen molar-refractivity contribution in [2.75, 3.05) is 25.6 Å². The van der Waals surface area contributed by atoms with Gasteiger partial charge in [-0.1, -0.05) is 11.6 Å². The van der Waals surface area contributed by atoms with Gasteiger partial charge in [0.2, 0.25) is 0 Å². The quantitative estimate of drug-likeness (QED) is 0.845. The molecule has 0 spiro atoms. The van der Waals surface area contributed by atoms with Crippen LogP contribution in [0.4, 0.5) is 10.5 Å². The molecule has 0 heterocycles. The summed E-state index contributed by atoms with van der Waals surface area (Å²) >= 11 is 0. The largest absolute Gasteiger partial charge is 0.478 e. The van der Waals surface area contributed by atoms with Crippen LogP contribution in [0.5, 0.6) is 0 Å². The third kappa shape index (κ3) is 4.75. The molecule has 0 radical (unpaired) electrons. The number of anilines is 1. The molecule has 2 amide bonds. The Balaban J connectivity index is 2.93. The number of carboxylic acid groups (broad SMARTS) is 1. The van der Waals surface area contributed by atoms with E-state index in [1.165, 1.54) is 6.07 Å². The summed E-state index contributed by atoms with van der Waals surface area (Å²) in [6, 6.07) is 4.54. The Labute approximate surface area is 124 Å². The van der Waals surface area contributed by atoms with Gasteiger partial charge in [0.25, 0.3) is 0 Å². The number of hydrogen-bond donors (Lipinski definition) is 2. The number of benzene rings is 1. The van der Waals surface area contributed by atoms with Gasteiger partial charge in [-0.25, -0.2) is 9.59 Å². The van der Waals surface area contributed by atoms with Gasteiger partial charge >= 0.3 is 12.0 Å². The second-order valence-electron chi connectivity index (χ2n) is 5.06. The summed E-state index contributed by atoms with van der Waals surface area (Å²) in [6.45, 7) is 6.45. The summed E-state index contributed by atoms with van der Waals surface area (Å²) in [6.07, 6.45) is 0. The van der Waals surface area contributed by atoms with E-state index in [1.54, 1.807) is 31.1 Å². The zero-order valence-electron chi connectivity index (χ0n) is 12.8. The number of urea groups is 1. The molecule has 0 aliphatic rings. The lowest BCUT2D eigenvalue weighted by molar-refractivity contribution is 0.0698. The Morgan fingerprint density at radius 3 is 2.57 bits per heavy atom. The van der Waals surface area contributed by atoms with Crippen molar-refractivity contribution >= 4 is 17.7 Å². The van der Waals surface area contributed by atoms with Crippen LogP contribution in [0.2, 0.25) is 0 Å². The van der Waals surface area contributed by atoms with Gasteiger partial charge in [-0.15, -0.1) is 0 Å². The van der Waals surface area contributed by atoms with Crippen LogP contribution >= 0.6 is 0 Å². The van der Waals surface area contributed by atoms with Gasteiger partial charge in [-0.3, -0.25) is 0 Å². The molecular weight excluding hydrogens is 272 g/mol. The van der Waals surface area contributed by atoms with Gasteiger partial charge in [-0.05, 0) is 32.9 Å². The zero-order chi connectivity index (χ0) is 16.0. The molecule has 0 saturated carbocycles. The van der Waals surface area contributed by atoms with Crippen molar-refractivity contribution < 1.29 is 19.4 Å². The van der Waals surface area contributed by atoms with Gasteiger partial charge in [0.15, 0.2) is 0 Å². The minimum atomic E-state index is -1.07. The number of nitrogens with zero attached hydrogens (tertiary/aromatic N) is 1. The van der Waals surface area contributed by atoms with Crippen molar-refractivity contribution in [3.63, 3.8) is 0 Å². The Hall–Kier alpha value is -2.08. The number of hydrogen-bond acceptors (Lipinski definition) is 3. The third-order valence-corrected chi connectivity index (χ3v) is 3.07. The van der Waals surface area contributed by atoms with E-state index in [1.807, 2.05) is 13.8 Å². The predicted octanol–water partition coefficient (Wildman–Crippen LogP) is 2.58. The minimum absolute atomic E-state index is 0.0149. The maximum Gasteiger partial charge on any atom is 0.337 e. The summed E-state index contributed by atoms with van der Waals surface area (Å²) in [7, 11) is 1.57. The van der Waals surface area contributed by atoms with Gasteiger partial charge in [-0.2, -0.15) is 0 Å². The minimum Gasteiger partial charge on any atom is -0.478 e. The molecule has 0 unspecified atom stereocenters. The van der Waals surface area contributed by atoms with Crippen LogP contribution in [0.3, 0.4) is 0 Å². The number of amides is 2. The van der Waals surface area contributed by atoms with E-state index in [0.717, 1.165) is 5.56 Å². The fourth-order valence-electron chi connectivity index (χ4n) is 1.91. The Bertz CT molecular complexity index is 514. The van der Waals surface area contributed by atoms with Crippen molar-refractivity contribution in [1.29, 1.82) is 0 Å². The molecular formula is C15H22N2O4. The smallest absolute Gasteiger partial charge is 0.337 e. The van der Waals surface area contributed by atoms with Crippen LogP contribution in [-0.4, -0.2) is 48.3 Å². The molecule has 1 aromatic rings. The monoisotopic (exact) mass is 294 g/mol.